The fraction of sp³-hybridized carbons (Fsp3) is 0.200. The first-order valence-corrected chi connectivity index (χ1v) is 18.9. The average molecular weight is 815 g/mol. The highest BCUT2D eigenvalue weighted by Crippen LogP contribution is 2.43. The Bertz CT molecular complexity index is 2630. The van der Waals surface area contributed by atoms with Crippen LogP contribution in [0.4, 0.5) is 0 Å². The second kappa shape index (κ2) is 16.4. The number of nitrogens with zero attached hydrogens (tertiary/aromatic N) is 10. The summed E-state index contributed by atoms with van der Waals surface area (Å²) in [6.07, 6.45) is 8.65. The zero-order valence-corrected chi connectivity index (χ0v) is 34.1. The Labute approximate surface area is 340 Å². The van der Waals surface area contributed by atoms with Crippen molar-refractivity contribution in [2.75, 3.05) is 42.7 Å². The summed E-state index contributed by atoms with van der Waals surface area (Å²) in [6.45, 7) is 3.80. The third-order valence-corrected chi connectivity index (χ3v) is 11.2. The minimum Gasteiger partial charge on any atom is -0.493 e. The Kier molecular flexibility index (Phi) is 11.0. The molecule has 0 aliphatic heterocycles. The van der Waals surface area contributed by atoms with Crippen LogP contribution in [-0.4, -0.2) is 81.9 Å². The Balaban J connectivity index is 0.000000177. The van der Waals surface area contributed by atoms with E-state index in [1.54, 1.807) is 90.3 Å². The molecule has 0 radical (unpaired) electrons. The van der Waals surface area contributed by atoms with Crippen LogP contribution in [-0.2, 0) is 0 Å². The van der Waals surface area contributed by atoms with Gasteiger partial charge >= 0.3 is 0 Å². The van der Waals surface area contributed by atoms with Gasteiger partial charge in [0.1, 0.15) is 37.9 Å². The van der Waals surface area contributed by atoms with Gasteiger partial charge in [-0.25, -0.2) is 29.6 Å². The van der Waals surface area contributed by atoms with Crippen molar-refractivity contribution in [1.82, 2.24) is 39.3 Å². The molecule has 0 aliphatic rings. The van der Waals surface area contributed by atoms with Crippen molar-refractivity contribution in [3.8, 4) is 81.0 Å². The molecule has 0 unspecified atom stereocenters. The monoisotopic (exact) mass is 814 g/mol. The predicted molar refractivity (Wildman–Crippen MR) is 218 cm³/mol. The lowest BCUT2D eigenvalue weighted by Gasteiger charge is -2.14. The Hall–Kier alpha value is -7.28. The minimum atomic E-state index is 0.466. The summed E-state index contributed by atoms with van der Waals surface area (Å²) >= 11 is 2.67. The number of thiophene rings is 2. The van der Waals surface area contributed by atoms with Gasteiger partial charge in [-0.1, -0.05) is 0 Å². The van der Waals surface area contributed by atoms with Crippen molar-refractivity contribution in [2.45, 2.75) is 13.8 Å². The van der Waals surface area contributed by atoms with E-state index in [2.05, 4.69) is 22.2 Å². The number of hydrogen-bond acceptors (Lipinski definition) is 16. The van der Waals surface area contributed by atoms with E-state index in [0.717, 1.165) is 26.7 Å². The third-order valence-electron chi connectivity index (χ3n) is 9.06. The quantitative estimate of drug-likeness (QED) is 0.132. The third kappa shape index (κ3) is 6.91. The molecule has 0 saturated carbocycles. The fourth-order valence-corrected chi connectivity index (χ4v) is 8.20. The van der Waals surface area contributed by atoms with Gasteiger partial charge in [0.25, 0.3) is 0 Å². The molecule has 16 nitrogen and oxygen atoms in total. The van der Waals surface area contributed by atoms with Crippen molar-refractivity contribution >= 4 is 43.1 Å². The number of benzene rings is 2. The molecule has 8 aromatic rings. The van der Waals surface area contributed by atoms with Gasteiger partial charge < -0.3 is 28.4 Å². The van der Waals surface area contributed by atoms with Gasteiger partial charge in [-0.3, -0.25) is 4.57 Å². The van der Waals surface area contributed by atoms with E-state index in [1.807, 2.05) is 36.9 Å². The molecule has 0 N–H and O–H groups in total. The summed E-state index contributed by atoms with van der Waals surface area (Å²) in [5, 5.41) is 24.9. The van der Waals surface area contributed by atoms with E-state index in [1.165, 1.54) is 22.7 Å². The molecule has 6 heterocycles. The van der Waals surface area contributed by atoms with Crippen LogP contribution in [0.5, 0.6) is 34.5 Å². The first-order valence-electron chi connectivity index (χ1n) is 17.2. The van der Waals surface area contributed by atoms with Crippen molar-refractivity contribution in [3.63, 3.8) is 0 Å². The lowest BCUT2D eigenvalue weighted by atomic mass is 10.1. The Morgan fingerprint density at radius 1 is 0.586 bits per heavy atom. The maximum absolute atomic E-state index is 9.47. The van der Waals surface area contributed by atoms with E-state index >= 15 is 0 Å². The smallest absolute Gasteiger partial charge is 0.203 e. The molecule has 18 heteroatoms. The number of ether oxygens (including phenoxy) is 6. The van der Waals surface area contributed by atoms with Crippen LogP contribution in [0.1, 0.15) is 20.9 Å². The van der Waals surface area contributed by atoms with Gasteiger partial charge in [0.2, 0.25) is 11.5 Å². The number of aromatic nitrogens is 8. The predicted octanol–water partition coefficient (Wildman–Crippen LogP) is 7.50. The first-order chi connectivity index (χ1) is 28.2. The molecule has 0 amide bonds. The standard InChI is InChI=1S/2C20H17N5O3S/c1-11-15(9-21)29-20-16(11)19(25-6-5-22-10-25)23-18(24-20)12-7-13(26-2)17(28-4)14(8-12)27-3;1-11-15(10-21)29-20-16(11)19(25-7-5-6-22-25)23-18(24-20)12-8-13(26-2)17(28-4)14(9-12)27-3/h5-8,10H,1-4H3;5-9H,1-4H3. The number of imidazole rings is 1. The zero-order valence-electron chi connectivity index (χ0n) is 32.5. The van der Waals surface area contributed by atoms with Gasteiger partial charge in [-0.2, -0.15) is 15.6 Å². The summed E-state index contributed by atoms with van der Waals surface area (Å²) in [7, 11) is 9.34. The maximum Gasteiger partial charge on any atom is 0.203 e. The van der Waals surface area contributed by atoms with Crippen LogP contribution in [0.25, 0.3) is 54.8 Å². The van der Waals surface area contributed by atoms with Gasteiger partial charge in [0, 0.05) is 35.9 Å². The zero-order chi connectivity index (χ0) is 41.1. The Morgan fingerprint density at radius 2 is 1.05 bits per heavy atom. The summed E-state index contributed by atoms with van der Waals surface area (Å²) in [6, 6.07) is 13.5. The number of fused-ring (bicyclic) bond motifs is 2. The summed E-state index contributed by atoms with van der Waals surface area (Å²) in [5.41, 5.74) is 3.09. The highest BCUT2D eigenvalue weighted by Gasteiger charge is 2.23. The molecule has 0 saturated heterocycles. The van der Waals surface area contributed by atoms with Crippen LogP contribution in [0.2, 0.25) is 0 Å². The highest BCUT2D eigenvalue weighted by atomic mass is 32.1. The number of rotatable bonds is 10. The second-order valence-electron chi connectivity index (χ2n) is 12.2. The van der Waals surface area contributed by atoms with Crippen molar-refractivity contribution in [1.29, 1.82) is 10.5 Å². The van der Waals surface area contributed by atoms with Crippen LogP contribution < -0.4 is 28.4 Å². The molecule has 58 heavy (non-hydrogen) atoms. The molecule has 0 spiro atoms. The Morgan fingerprint density at radius 3 is 1.43 bits per heavy atom. The van der Waals surface area contributed by atoms with Crippen molar-refractivity contribution < 1.29 is 28.4 Å². The van der Waals surface area contributed by atoms with E-state index < -0.39 is 0 Å². The van der Waals surface area contributed by atoms with Crippen LogP contribution >= 0.6 is 22.7 Å². The molecule has 0 bridgehead atoms. The molecule has 6 aromatic heterocycles. The van der Waals surface area contributed by atoms with Crippen LogP contribution in [0.15, 0.2) is 61.4 Å². The highest BCUT2D eigenvalue weighted by molar-refractivity contribution is 7.19. The lowest BCUT2D eigenvalue weighted by molar-refractivity contribution is 0.324. The van der Waals surface area contributed by atoms with E-state index in [-0.39, 0.29) is 0 Å². The molecular weight excluding hydrogens is 781 g/mol. The van der Waals surface area contributed by atoms with Crippen molar-refractivity contribution in [3.05, 3.63) is 82.3 Å². The van der Waals surface area contributed by atoms with Crippen molar-refractivity contribution in [2.24, 2.45) is 0 Å². The van der Waals surface area contributed by atoms with Gasteiger partial charge in [0.05, 0.1) is 53.4 Å². The minimum absolute atomic E-state index is 0.466. The summed E-state index contributed by atoms with van der Waals surface area (Å²) in [5.74, 6) is 5.23. The molecule has 292 valence electrons. The van der Waals surface area contributed by atoms with Crippen LogP contribution in [0.3, 0.4) is 0 Å². The molecule has 0 fully saturated rings. The largest absolute Gasteiger partial charge is 0.493 e. The van der Waals surface area contributed by atoms with E-state index in [0.29, 0.717) is 83.5 Å². The van der Waals surface area contributed by atoms with Gasteiger partial charge in [-0.15, -0.1) is 22.7 Å². The van der Waals surface area contributed by atoms with E-state index in [9.17, 15) is 10.5 Å². The second-order valence-corrected chi connectivity index (χ2v) is 14.2. The number of hydrogen-bond donors (Lipinski definition) is 0. The van der Waals surface area contributed by atoms with Gasteiger partial charge in [-0.05, 0) is 55.3 Å². The van der Waals surface area contributed by atoms with Gasteiger partial charge in [0.15, 0.2) is 46.3 Å². The topological polar surface area (TPSA) is 190 Å². The number of aryl methyl sites for hydroxylation is 2. The van der Waals surface area contributed by atoms with E-state index in [4.69, 9.17) is 48.4 Å². The first kappa shape index (κ1) is 39.0. The molecule has 0 atom stereocenters. The molecule has 8 rings (SSSR count). The maximum atomic E-state index is 9.47. The number of methoxy groups -OCH3 is 6. The molecular formula is C40H34N10O6S2. The molecule has 0 aliphatic carbocycles. The molecule has 2 aromatic carbocycles. The fourth-order valence-electron chi connectivity index (χ4n) is 6.26. The van der Waals surface area contributed by atoms with Crippen LogP contribution in [0, 0.1) is 36.5 Å². The normalized spacial score (nSPS) is 10.7. The number of nitriles is 2. The summed E-state index contributed by atoms with van der Waals surface area (Å²) < 4.78 is 36.1. The summed E-state index contributed by atoms with van der Waals surface area (Å²) in [4.78, 5) is 25.8. The SMILES string of the molecule is COc1cc(-c2nc(-n3cccn3)c3c(C)c(C#N)sc3n2)cc(OC)c1OC.COc1cc(-c2nc(-n3ccnc3)c3c(C)c(C#N)sc3n2)cc(OC)c1OC. The average Bonchev–Trinajstić information content (AvgIpc) is 4.10. The lowest BCUT2D eigenvalue weighted by Crippen LogP contribution is -2.03.